The van der Waals surface area contributed by atoms with E-state index in [9.17, 15) is 4.79 Å². The van der Waals surface area contributed by atoms with E-state index < -0.39 is 5.54 Å². The summed E-state index contributed by atoms with van der Waals surface area (Å²) in [7, 11) is 0. The molecule has 6 nitrogen and oxygen atoms in total. The molecule has 0 atom stereocenters. The van der Waals surface area contributed by atoms with Crippen LogP contribution < -0.4 is 11.1 Å². The highest BCUT2D eigenvalue weighted by atomic mass is 79.9. The number of halogens is 1. The van der Waals surface area contributed by atoms with Gasteiger partial charge in [-0.2, -0.15) is 0 Å². The van der Waals surface area contributed by atoms with Crippen LogP contribution in [-0.2, 0) is 11.3 Å². The fraction of sp³-hybridized carbons (Fsp3) is 0.438. The number of carbonyl (C=O) groups is 1. The highest BCUT2D eigenvalue weighted by Gasteiger charge is 2.35. The van der Waals surface area contributed by atoms with Gasteiger partial charge in [0, 0.05) is 4.47 Å². The molecule has 1 aromatic carbocycles. The van der Waals surface area contributed by atoms with Crippen molar-refractivity contribution in [2.45, 2.75) is 44.2 Å². The highest BCUT2D eigenvalue weighted by Crippen LogP contribution is 2.26. The first-order valence-corrected chi connectivity index (χ1v) is 8.59. The molecule has 0 radical (unpaired) electrons. The molecule has 7 heteroatoms. The lowest BCUT2D eigenvalue weighted by Gasteiger charge is -2.31. The molecule has 0 spiro atoms. The van der Waals surface area contributed by atoms with Crippen molar-refractivity contribution in [2.24, 2.45) is 5.73 Å². The summed E-state index contributed by atoms with van der Waals surface area (Å²) >= 11 is 3.45. The molecule has 2 aromatic rings. The molecule has 0 aliphatic heterocycles. The third-order valence-corrected chi connectivity index (χ3v) is 4.69. The van der Waals surface area contributed by atoms with E-state index in [0.29, 0.717) is 12.5 Å². The Labute approximate surface area is 143 Å². The van der Waals surface area contributed by atoms with Gasteiger partial charge in [0.2, 0.25) is 11.9 Å². The average molecular weight is 378 g/mol. The van der Waals surface area contributed by atoms with Crippen molar-refractivity contribution in [3.05, 3.63) is 40.6 Å². The van der Waals surface area contributed by atoms with Gasteiger partial charge in [-0.25, -0.2) is 9.67 Å². The highest BCUT2D eigenvalue weighted by molar-refractivity contribution is 9.10. The zero-order valence-corrected chi connectivity index (χ0v) is 14.4. The molecule has 1 aromatic heterocycles. The van der Waals surface area contributed by atoms with Gasteiger partial charge in [0.1, 0.15) is 6.33 Å². The van der Waals surface area contributed by atoms with Crippen LogP contribution in [0.3, 0.4) is 0 Å². The van der Waals surface area contributed by atoms with E-state index in [1.807, 2.05) is 24.3 Å². The smallest absolute Gasteiger partial charge is 0.248 e. The SMILES string of the molecule is NC1(C(=O)Nc2ncn(Cc3cccc(Br)c3)n2)CCCCC1. The number of aromatic nitrogens is 3. The minimum absolute atomic E-state index is 0.183. The summed E-state index contributed by atoms with van der Waals surface area (Å²) in [6.07, 6.45) is 6.19. The van der Waals surface area contributed by atoms with Gasteiger partial charge < -0.3 is 5.73 Å². The van der Waals surface area contributed by atoms with E-state index in [0.717, 1.165) is 42.1 Å². The third kappa shape index (κ3) is 3.97. The second kappa shape index (κ2) is 6.80. The zero-order chi connectivity index (χ0) is 16.3. The molecule has 0 saturated heterocycles. The largest absolute Gasteiger partial charge is 0.317 e. The van der Waals surface area contributed by atoms with E-state index in [4.69, 9.17) is 5.73 Å². The first-order valence-electron chi connectivity index (χ1n) is 7.79. The van der Waals surface area contributed by atoms with Gasteiger partial charge in [0.05, 0.1) is 12.1 Å². The van der Waals surface area contributed by atoms with Crippen LogP contribution in [0.2, 0.25) is 0 Å². The van der Waals surface area contributed by atoms with Gasteiger partial charge in [0.15, 0.2) is 0 Å². The Morgan fingerprint density at radius 1 is 1.35 bits per heavy atom. The molecule has 3 rings (SSSR count). The maximum absolute atomic E-state index is 12.4. The average Bonchev–Trinajstić information content (AvgIpc) is 2.95. The van der Waals surface area contributed by atoms with E-state index in [1.54, 1.807) is 11.0 Å². The molecular formula is C16H20BrN5O. The first-order chi connectivity index (χ1) is 11.0. The molecule has 1 fully saturated rings. The predicted molar refractivity (Wildman–Crippen MR) is 91.9 cm³/mol. The normalized spacial score (nSPS) is 17.0. The van der Waals surface area contributed by atoms with Crippen LogP contribution in [0.15, 0.2) is 35.1 Å². The van der Waals surface area contributed by atoms with Crippen molar-refractivity contribution >= 4 is 27.8 Å². The molecule has 3 N–H and O–H groups in total. The van der Waals surface area contributed by atoms with E-state index in [-0.39, 0.29) is 5.91 Å². The number of hydrogen-bond acceptors (Lipinski definition) is 4. The molecule has 1 aliphatic rings. The minimum Gasteiger partial charge on any atom is -0.317 e. The molecule has 1 saturated carbocycles. The first kappa shape index (κ1) is 16.1. The quantitative estimate of drug-likeness (QED) is 0.857. The van der Waals surface area contributed by atoms with Gasteiger partial charge >= 0.3 is 0 Å². The summed E-state index contributed by atoms with van der Waals surface area (Å²) in [4.78, 5) is 16.5. The fourth-order valence-electron chi connectivity index (χ4n) is 2.89. The van der Waals surface area contributed by atoms with Crippen molar-refractivity contribution in [2.75, 3.05) is 5.32 Å². The summed E-state index contributed by atoms with van der Waals surface area (Å²) in [5.41, 5.74) is 6.54. The number of nitrogens with one attached hydrogen (secondary N) is 1. The van der Waals surface area contributed by atoms with Crippen LogP contribution in [0.25, 0.3) is 0 Å². The van der Waals surface area contributed by atoms with Crippen LogP contribution in [0.5, 0.6) is 0 Å². The molecular weight excluding hydrogens is 358 g/mol. The second-order valence-electron chi connectivity index (χ2n) is 6.07. The topological polar surface area (TPSA) is 85.8 Å². The second-order valence-corrected chi connectivity index (χ2v) is 6.98. The van der Waals surface area contributed by atoms with Crippen LogP contribution >= 0.6 is 15.9 Å². The van der Waals surface area contributed by atoms with Crippen LogP contribution in [0, 0.1) is 0 Å². The number of nitrogens with zero attached hydrogens (tertiary/aromatic N) is 3. The number of anilines is 1. The maximum Gasteiger partial charge on any atom is 0.248 e. The van der Waals surface area contributed by atoms with Crippen molar-refractivity contribution < 1.29 is 4.79 Å². The van der Waals surface area contributed by atoms with E-state index in [1.165, 1.54) is 0 Å². The predicted octanol–water partition coefficient (Wildman–Crippen LogP) is 2.69. The number of amides is 1. The molecule has 122 valence electrons. The lowest BCUT2D eigenvalue weighted by molar-refractivity contribution is -0.122. The Morgan fingerprint density at radius 2 is 2.13 bits per heavy atom. The summed E-state index contributed by atoms with van der Waals surface area (Å²) < 4.78 is 2.72. The Bertz CT molecular complexity index is 693. The van der Waals surface area contributed by atoms with E-state index in [2.05, 4.69) is 31.3 Å². The van der Waals surface area contributed by atoms with Gasteiger partial charge in [-0.05, 0) is 30.5 Å². The summed E-state index contributed by atoms with van der Waals surface area (Å²) in [5.74, 6) is 0.123. The van der Waals surface area contributed by atoms with Crippen molar-refractivity contribution in [1.82, 2.24) is 14.8 Å². The number of rotatable bonds is 4. The fourth-order valence-corrected chi connectivity index (χ4v) is 3.33. The number of benzene rings is 1. The molecule has 0 bridgehead atoms. The van der Waals surface area contributed by atoms with Crippen molar-refractivity contribution in [3.63, 3.8) is 0 Å². The number of hydrogen-bond donors (Lipinski definition) is 2. The molecule has 0 unspecified atom stereocenters. The molecule has 1 heterocycles. The molecule has 1 amide bonds. The Balaban J connectivity index is 1.64. The molecule has 23 heavy (non-hydrogen) atoms. The summed E-state index contributed by atoms with van der Waals surface area (Å²) in [6.45, 7) is 0.593. The lowest BCUT2D eigenvalue weighted by Crippen LogP contribution is -2.52. The number of nitrogens with two attached hydrogens (primary N) is 1. The molecule has 1 aliphatic carbocycles. The van der Waals surface area contributed by atoms with Crippen LogP contribution in [-0.4, -0.2) is 26.2 Å². The van der Waals surface area contributed by atoms with E-state index >= 15 is 0 Å². The Morgan fingerprint density at radius 3 is 2.87 bits per heavy atom. The van der Waals surface area contributed by atoms with Crippen molar-refractivity contribution in [1.29, 1.82) is 0 Å². The summed E-state index contributed by atoms with van der Waals surface area (Å²) in [6, 6.07) is 7.99. The maximum atomic E-state index is 12.4. The van der Waals surface area contributed by atoms with Crippen molar-refractivity contribution in [3.8, 4) is 0 Å². The van der Waals surface area contributed by atoms with Crippen LogP contribution in [0.1, 0.15) is 37.7 Å². The van der Waals surface area contributed by atoms with Gasteiger partial charge in [0.25, 0.3) is 0 Å². The minimum atomic E-state index is -0.784. The summed E-state index contributed by atoms with van der Waals surface area (Å²) in [5, 5.41) is 7.06. The lowest BCUT2D eigenvalue weighted by atomic mass is 9.82. The Kier molecular flexibility index (Phi) is 4.77. The van der Waals surface area contributed by atoms with Crippen LogP contribution in [0.4, 0.5) is 5.95 Å². The Hall–Kier alpha value is -1.73. The number of carbonyl (C=O) groups excluding carboxylic acids is 1. The van der Waals surface area contributed by atoms with Gasteiger partial charge in [-0.15, -0.1) is 5.10 Å². The standard InChI is InChI=1S/C16H20BrN5O/c17-13-6-4-5-12(9-13)10-22-11-19-15(21-22)20-14(23)16(18)7-2-1-3-8-16/h4-6,9,11H,1-3,7-8,10,18H2,(H,20,21,23). The zero-order valence-electron chi connectivity index (χ0n) is 12.8. The van der Waals surface area contributed by atoms with Gasteiger partial charge in [-0.1, -0.05) is 47.3 Å². The van der Waals surface area contributed by atoms with Gasteiger partial charge in [-0.3, -0.25) is 10.1 Å². The third-order valence-electron chi connectivity index (χ3n) is 4.19. The monoisotopic (exact) mass is 377 g/mol.